The van der Waals surface area contributed by atoms with Gasteiger partial charge >= 0.3 is 5.97 Å². The van der Waals surface area contributed by atoms with Crippen molar-refractivity contribution in [3.05, 3.63) is 47.8 Å². The molecule has 0 saturated heterocycles. The highest BCUT2D eigenvalue weighted by Crippen LogP contribution is 2.18. The maximum Gasteiger partial charge on any atom is 0.331 e. The van der Waals surface area contributed by atoms with Gasteiger partial charge in [0.25, 0.3) is 0 Å². The Morgan fingerprint density at radius 3 is 2.50 bits per heavy atom. The van der Waals surface area contributed by atoms with Crippen LogP contribution >= 0.6 is 0 Å². The highest BCUT2D eigenvalue weighted by Gasteiger charge is 2.30. The van der Waals surface area contributed by atoms with Crippen molar-refractivity contribution >= 4 is 17.6 Å². The van der Waals surface area contributed by atoms with Crippen LogP contribution in [0.2, 0.25) is 0 Å². The Kier molecular flexibility index (Phi) is 5.07. The van der Waals surface area contributed by atoms with E-state index in [1.165, 1.54) is 22.6 Å². The van der Waals surface area contributed by atoms with Crippen LogP contribution in [0.25, 0.3) is 0 Å². The summed E-state index contributed by atoms with van der Waals surface area (Å²) >= 11 is 0. The molecular weight excluding hydrogens is 306 g/mol. The number of anilines is 1. The Morgan fingerprint density at radius 2 is 1.92 bits per heavy atom. The van der Waals surface area contributed by atoms with E-state index in [0.29, 0.717) is 12.1 Å². The van der Waals surface area contributed by atoms with Crippen LogP contribution in [0.15, 0.2) is 36.7 Å². The lowest BCUT2D eigenvalue weighted by Crippen LogP contribution is -2.35. The summed E-state index contributed by atoms with van der Waals surface area (Å²) < 4.78 is 1.33. The van der Waals surface area contributed by atoms with Crippen molar-refractivity contribution in [3.63, 3.8) is 0 Å². The van der Waals surface area contributed by atoms with Crippen molar-refractivity contribution in [1.29, 1.82) is 0 Å². The van der Waals surface area contributed by atoms with Gasteiger partial charge in [-0.3, -0.25) is 9.48 Å². The molecule has 6 nitrogen and oxygen atoms in total. The van der Waals surface area contributed by atoms with Gasteiger partial charge < -0.3 is 10.4 Å². The molecule has 0 bridgehead atoms. The number of aliphatic carboxylic acids is 1. The monoisotopic (exact) mass is 329 g/mol. The fourth-order valence-electron chi connectivity index (χ4n) is 2.23. The van der Waals surface area contributed by atoms with Crippen molar-refractivity contribution in [2.75, 3.05) is 5.32 Å². The number of aryl methyl sites for hydroxylation is 1. The molecule has 1 heterocycles. The minimum absolute atomic E-state index is 0.122. The second-order valence-corrected chi connectivity index (χ2v) is 6.62. The van der Waals surface area contributed by atoms with Gasteiger partial charge in [0.2, 0.25) is 5.91 Å². The lowest BCUT2D eigenvalue weighted by molar-refractivity contribution is -0.146. The first kappa shape index (κ1) is 17.7. The minimum atomic E-state index is -1.17. The first-order valence-corrected chi connectivity index (χ1v) is 7.85. The lowest BCUT2D eigenvalue weighted by Gasteiger charge is -2.19. The molecule has 0 fully saturated rings. The van der Waals surface area contributed by atoms with E-state index in [4.69, 9.17) is 0 Å². The summed E-state index contributed by atoms with van der Waals surface area (Å²) in [6, 6.07) is 8.09. The van der Waals surface area contributed by atoms with Crippen LogP contribution in [0, 0.1) is 12.8 Å². The summed E-state index contributed by atoms with van der Waals surface area (Å²) in [7, 11) is 0. The van der Waals surface area contributed by atoms with Crippen LogP contribution in [0.4, 0.5) is 5.69 Å². The number of carboxylic acid groups (broad SMARTS) is 1. The van der Waals surface area contributed by atoms with E-state index in [2.05, 4.69) is 10.4 Å². The number of hydrogen-bond donors (Lipinski definition) is 2. The molecule has 0 spiro atoms. The SMILES string of the molecule is Cc1ccc(CC(C)C(=O)Nc2cnn(C(C)(C)C(=O)O)c2)cc1. The van der Waals surface area contributed by atoms with Gasteiger partial charge in [-0.1, -0.05) is 36.8 Å². The average Bonchev–Trinajstić information content (AvgIpc) is 2.98. The van der Waals surface area contributed by atoms with Crippen molar-refractivity contribution in [3.8, 4) is 0 Å². The van der Waals surface area contributed by atoms with Crippen molar-refractivity contribution in [2.24, 2.45) is 5.92 Å². The van der Waals surface area contributed by atoms with Crippen LogP contribution in [-0.2, 0) is 21.5 Å². The third kappa shape index (κ3) is 4.01. The maximum absolute atomic E-state index is 12.3. The van der Waals surface area contributed by atoms with E-state index in [9.17, 15) is 14.7 Å². The highest BCUT2D eigenvalue weighted by molar-refractivity contribution is 5.92. The quantitative estimate of drug-likeness (QED) is 0.853. The number of nitrogens with one attached hydrogen (secondary N) is 1. The molecule has 6 heteroatoms. The number of nitrogens with zero attached hydrogens (tertiary/aromatic N) is 2. The fraction of sp³-hybridized carbons (Fsp3) is 0.389. The third-order valence-electron chi connectivity index (χ3n) is 4.06. The molecule has 2 aromatic rings. The van der Waals surface area contributed by atoms with E-state index < -0.39 is 11.5 Å². The molecule has 24 heavy (non-hydrogen) atoms. The zero-order valence-electron chi connectivity index (χ0n) is 14.4. The van der Waals surface area contributed by atoms with E-state index in [-0.39, 0.29) is 11.8 Å². The Labute approximate surface area is 141 Å². The van der Waals surface area contributed by atoms with Crippen molar-refractivity contribution < 1.29 is 14.7 Å². The third-order valence-corrected chi connectivity index (χ3v) is 4.06. The zero-order valence-corrected chi connectivity index (χ0v) is 14.4. The van der Waals surface area contributed by atoms with E-state index in [1.807, 2.05) is 38.1 Å². The number of carbonyl (C=O) groups is 2. The molecule has 0 aliphatic carbocycles. The van der Waals surface area contributed by atoms with Gasteiger partial charge in [0.05, 0.1) is 11.9 Å². The molecule has 1 atom stereocenters. The number of carbonyl (C=O) groups excluding carboxylic acids is 1. The summed E-state index contributed by atoms with van der Waals surface area (Å²) in [5.74, 6) is -1.32. The van der Waals surface area contributed by atoms with Crippen molar-refractivity contribution in [2.45, 2.75) is 39.7 Å². The minimum Gasteiger partial charge on any atom is -0.479 e. The molecule has 0 aliphatic heterocycles. The Hall–Kier alpha value is -2.63. The number of aromatic nitrogens is 2. The number of rotatable bonds is 6. The molecule has 1 aromatic heterocycles. The molecule has 2 N–H and O–H groups in total. The van der Waals surface area contributed by atoms with Crippen LogP contribution < -0.4 is 5.32 Å². The number of hydrogen-bond acceptors (Lipinski definition) is 3. The molecule has 0 saturated carbocycles. The maximum atomic E-state index is 12.3. The van der Waals surface area contributed by atoms with E-state index in [1.54, 1.807) is 13.8 Å². The van der Waals surface area contributed by atoms with Gasteiger partial charge in [0.15, 0.2) is 5.54 Å². The lowest BCUT2D eigenvalue weighted by atomic mass is 9.99. The van der Waals surface area contributed by atoms with Crippen LogP contribution in [0.5, 0.6) is 0 Å². The molecule has 2 rings (SSSR count). The zero-order chi connectivity index (χ0) is 17.9. The molecular formula is C18H23N3O3. The molecule has 0 aliphatic rings. The summed E-state index contributed by atoms with van der Waals surface area (Å²) in [6.07, 6.45) is 3.63. The number of carboxylic acids is 1. The largest absolute Gasteiger partial charge is 0.479 e. The average molecular weight is 329 g/mol. The van der Waals surface area contributed by atoms with Gasteiger partial charge in [0.1, 0.15) is 0 Å². The highest BCUT2D eigenvalue weighted by atomic mass is 16.4. The topological polar surface area (TPSA) is 84.2 Å². The predicted octanol–water partition coefficient (Wildman–Crippen LogP) is 2.83. The van der Waals surface area contributed by atoms with Crippen LogP contribution in [0.1, 0.15) is 31.9 Å². The van der Waals surface area contributed by atoms with Gasteiger partial charge in [-0.05, 0) is 32.8 Å². The van der Waals surface area contributed by atoms with Gasteiger partial charge in [0, 0.05) is 12.1 Å². The molecule has 0 radical (unpaired) electrons. The van der Waals surface area contributed by atoms with E-state index >= 15 is 0 Å². The number of benzene rings is 1. The standard InChI is InChI=1S/C18H23N3O3/c1-12-5-7-14(8-6-12)9-13(2)16(22)20-15-10-19-21(11-15)18(3,4)17(23)24/h5-8,10-11,13H,9H2,1-4H3,(H,20,22)(H,23,24). The second-order valence-electron chi connectivity index (χ2n) is 6.62. The van der Waals surface area contributed by atoms with Gasteiger partial charge in [-0.25, -0.2) is 4.79 Å². The molecule has 128 valence electrons. The van der Waals surface area contributed by atoms with Crippen LogP contribution in [-0.4, -0.2) is 26.8 Å². The normalized spacial score (nSPS) is 12.7. The Morgan fingerprint density at radius 1 is 1.29 bits per heavy atom. The summed E-state index contributed by atoms with van der Waals surface area (Å²) in [4.78, 5) is 23.6. The smallest absolute Gasteiger partial charge is 0.331 e. The Bertz CT molecular complexity index is 732. The van der Waals surface area contributed by atoms with Gasteiger partial charge in [-0.15, -0.1) is 0 Å². The molecule has 1 unspecified atom stereocenters. The van der Waals surface area contributed by atoms with Crippen molar-refractivity contribution in [1.82, 2.24) is 9.78 Å². The number of amides is 1. The molecule has 1 aromatic carbocycles. The second kappa shape index (κ2) is 6.86. The molecule has 1 amide bonds. The van der Waals surface area contributed by atoms with E-state index in [0.717, 1.165) is 5.56 Å². The first-order valence-electron chi connectivity index (χ1n) is 7.85. The summed E-state index contributed by atoms with van der Waals surface area (Å²) in [5, 5.41) is 16.0. The summed E-state index contributed by atoms with van der Waals surface area (Å²) in [5.41, 5.74) is 1.61. The first-order chi connectivity index (χ1) is 11.2. The van der Waals surface area contributed by atoms with Gasteiger partial charge in [-0.2, -0.15) is 5.10 Å². The van der Waals surface area contributed by atoms with Crippen LogP contribution in [0.3, 0.4) is 0 Å². The predicted molar refractivity (Wildman–Crippen MR) is 91.9 cm³/mol. The summed E-state index contributed by atoms with van der Waals surface area (Å²) in [6.45, 7) is 6.99. The Balaban J connectivity index is 2.00. The fourth-order valence-corrected chi connectivity index (χ4v) is 2.23.